The highest BCUT2D eigenvalue weighted by Crippen LogP contribution is 2.12. The molecule has 0 radical (unpaired) electrons. The van der Waals surface area contributed by atoms with Crippen LogP contribution in [0.3, 0.4) is 0 Å². The Morgan fingerprint density at radius 3 is 3.19 bits per heavy atom. The van der Waals surface area contributed by atoms with Gasteiger partial charge in [-0.3, -0.25) is 4.79 Å². The van der Waals surface area contributed by atoms with Gasteiger partial charge in [0.05, 0.1) is 7.11 Å². The Morgan fingerprint density at radius 2 is 2.50 bits per heavy atom. The molecule has 1 aromatic rings. The van der Waals surface area contributed by atoms with Crippen LogP contribution >= 0.6 is 0 Å². The molecule has 1 rings (SSSR count). The zero-order valence-corrected chi connectivity index (χ0v) is 9.19. The molecule has 0 saturated carbocycles. The second-order valence-corrected chi connectivity index (χ2v) is 3.12. The van der Waals surface area contributed by atoms with Crippen LogP contribution < -0.4 is 10.1 Å². The Balaban J connectivity index is 2.56. The Hall–Kier alpha value is -2.02. The molecule has 0 spiro atoms. The third-order valence-corrected chi connectivity index (χ3v) is 1.99. The fourth-order valence-electron chi connectivity index (χ4n) is 1.21. The number of nitrogens with zero attached hydrogens (tertiary/aromatic N) is 1. The Kier molecular flexibility index (Phi) is 4.87. The molecule has 0 fully saturated rings. The van der Waals surface area contributed by atoms with Crippen LogP contribution in [0.2, 0.25) is 0 Å². The van der Waals surface area contributed by atoms with Crippen molar-refractivity contribution in [1.29, 1.82) is 0 Å². The lowest BCUT2D eigenvalue weighted by Gasteiger charge is -2.07. The molecule has 0 aromatic carbocycles. The maximum absolute atomic E-state index is 11.7. The van der Waals surface area contributed by atoms with Crippen LogP contribution in [0.15, 0.2) is 18.3 Å². The van der Waals surface area contributed by atoms with Crippen molar-refractivity contribution in [3.63, 3.8) is 0 Å². The number of carbonyl (C=O) groups is 1. The number of nitrogens with one attached hydrogen (secondary N) is 1. The number of methoxy groups -OCH3 is 1. The number of hydrogen-bond acceptors (Lipinski definition) is 3. The predicted octanol–water partition coefficient (Wildman–Crippen LogP) is 1.23. The van der Waals surface area contributed by atoms with E-state index in [0.717, 1.165) is 6.42 Å². The summed E-state index contributed by atoms with van der Waals surface area (Å²) in [6.07, 6.45) is 8.11. The monoisotopic (exact) mass is 218 g/mol. The number of rotatable bonds is 5. The van der Waals surface area contributed by atoms with E-state index in [0.29, 0.717) is 24.4 Å². The zero-order valence-electron chi connectivity index (χ0n) is 9.19. The number of terminal acetylenes is 1. The molecule has 84 valence electrons. The molecule has 1 N–H and O–H groups in total. The lowest BCUT2D eigenvalue weighted by atomic mass is 10.2. The van der Waals surface area contributed by atoms with Crippen LogP contribution in [0, 0.1) is 12.3 Å². The van der Waals surface area contributed by atoms with Gasteiger partial charge in [-0.15, -0.1) is 12.3 Å². The molecule has 0 aliphatic carbocycles. The molecule has 0 aliphatic rings. The summed E-state index contributed by atoms with van der Waals surface area (Å²) in [6, 6.07) is 3.36. The molecule has 16 heavy (non-hydrogen) atoms. The largest absolute Gasteiger partial charge is 0.480 e. The van der Waals surface area contributed by atoms with E-state index in [1.165, 1.54) is 7.11 Å². The molecule has 1 heterocycles. The summed E-state index contributed by atoms with van der Waals surface area (Å²) in [5, 5.41) is 2.75. The van der Waals surface area contributed by atoms with Crippen molar-refractivity contribution in [2.75, 3.05) is 13.7 Å². The maximum Gasteiger partial charge on any atom is 0.256 e. The van der Waals surface area contributed by atoms with Crippen LogP contribution in [-0.2, 0) is 0 Å². The lowest BCUT2D eigenvalue weighted by Crippen LogP contribution is -2.25. The number of amides is 1. The minimum Gasteiger partial charge on any atom is -0.480 e. The van der Waals surface area contributed by atoms with Gasteiger partial charge in [0, 0.05) is 19.2 Å². The van der Waals surface area contributed by atoms with Gasteiger partial charge in [0.2, 0.25) is 5.88 Å². The van der Waals surface area contributed by atoms with Gasteiger partial charge in [-0.25, -0.2) is 4.98 Å². The van der Waals surface area contributed by atoms with Gasteiger partial charge in [-0.1, -0.05) is 0 Å². The molecular formula is C12H14N2O2. The van der Waals surface area contributed by atoms with E-state index in [2.05, 4.69) is 16.2 Å². The van der Waals surface area contributed by atoms with Crippen LogP contribution in [0.5, 0.6) is 5.88 Å². The molecule has 0 unspecified atom stereocenters. The summed E-state index contributed by atoms with van der Waals surface area (Å²) in [4.78, 5) is 15.7. The van der Waals surface area contributed by atoms with Crippen molar-refractivity contribution in [1.82, 2.24) is 10.3 Å². The van der Waals surface area contributed by atoms with Gasteiger partial charge in [0.1, 0.15) is 5.56 Å². The van der Waals surface area contributed by atoms with Crippen LogP contribution in [0.25, 0.3) is 0 Å². The van der Waals surface area contributed by atoms with Gasteiger partial charge in [0.15, 0.2) is 0 Å². The smallest absolute Gasteiger partial charge is 0.256 e. The first-order valence-electron chi connectivity index (χ1n) is 5.00. The third kappa shape index (κ3) is 3.28. The molecule has 0 bridgehead atoms. The SMILES string of the molecule is C#CCCCNC(=O)c1cccnc1OC. The third-order valence-electron chi connectivity index (χ3n) is 1.99. The molecular weight excluding hydrogens is 204 g/mol. The van der Waals surface area contributed by atoms with Crippen molar-refractivity contribution in [3.05, 3.63) is 23.9 Å². The first-order chi connectivity index (χ1) is 7.79. The average molecular weight is 218 g/mol. The summed E-state index contributed by atoms with van der Waals surface area (Å²) in [7, 11) is 1.48. The van der Waals surface area contributed by atoms with E-state index in [1.807, 2.05) is 0 Å². The number of ether oxygens (including phenoxy) is 1. The summed E-state index contributed by atoms with van der Waals surface area (Å²) >= 11 is 0. The molecule has 4 nitrogen and oxygen atoms in total. The second-order valence-electron chi connectivity index (χ2n) is 3.12. The zero-order chi connectivity index (χ0) is 11.8. The minimum atomic E-state index is -0.193. The highest BCUT2D eigenvalue weighted by atomic mass is 16.5. The highest BCUT2D eigenvalue weighted by Gasteiger charge is 2.11. The maximum atomic E-state index is 11.7. The fraction of sp³-hybridized carbons (Fsp3) is 0.333. The van der Waals surface area contributed by atoms with Crippen molar-refractivity contribution >= 4 is 5.91 Å². The molecule has 1 aromatic heterocycles. The van der Waals surface area contributed by atoms with Crippen molar-refractivity contribution < 1.29 is 9.53 Å². The van der Waals surface area contributed by atoms with Gasteiger partial charge in [-0.05, 0) is 18.6 Å². The molecule has 0 saturated heterocycles. The Morgan fingerprint density at radius 1 is 1.69 bits per heavy atom. The van der Waals surface area contributed by atoms with Crippen molar-refractivity contribution in [3.8, 4) is 18.2 Å². The van der Waals surface area contributed by atoms with Gasteiger partial charge < -0.3 is 10.1 Å². The predicted molar refractivity (Wildman–Crippen MR) is 61.2 cm³/mol. The summed E-state index contributed by atoms with van der Waals surface area (Å²) in [5.41, 5.74) is 0.436. The number of hydrogen-bond donors (Lipinski definition) is 1. The van der Waals surface area contributed by atoms with Gasteiger partial charge >= 0.3 is 0 Å². The number of aromatic nitrogens is 1. The summed E-state index contributed by atoms with van der Waals surface area (Å²) in [6.45, 7) is 0.557. The second kappa shape index (κ2) is 6.46. The number of unbranched alkanes of at least 4 members (excludes halogenated alkanes) is 1. The van der Waals surface area contributed by atoms with Gasteiger partial charge in [0.25, 0.3) is 5.91 Å². The van der Waals surface area contributed by atoms with E-state index in [-0.39, 0.29) is 5.91 Å². The van der Waals surface area contributed by atoms with E-state index >= 15 is 0 Å². The van der Waals surface area contributed by atoms with Crippen molar-refractivity contribution in [2.24, 2.45) is 0 Å². The topological polar surface area (TPSA) is 51.2 Å². The van der Waals surface area contributed by atoms with E-state index in [4.69, 9.17) is 11.2 Å². The van der Waals surface area contributed by atoms with E-state index in [1.54, 1.807) is 18.3 Å². The molecule has 0 atom stereocenters. The normalized spacial score (nSPS) is 9.25. The number of pyridine rings is 1. The Bertz CT molecular complexity index is 396. The van der Waals surface area contributed by atoms with Crippen LogP contribution in [0.4, 0.5) is 0 Å². The first-order valence-corrected chi connectivity index (χ1v) is 5.00. The Labute approximate surface area is 95.0 Å². The summed E-state index contributed by atoms with van der Waals surface area (Å²) < 4.78 is 4.99. The highest BCUT2D eigenvalue weighted by molar-refractivity contribution is 5.96. The minimum absolute atomic E-state index is 0.193. The lowest BCUT2D eigenvalue weighted by molar-refractivity contribution is 0.0949. The van der Waals surface area contributed by atoms with E-state index in [9.17, 15) is 4.79 Å². The van der Waals surface area contributed by atoms with Crippen LogP contribution in [0.1, 0.15) is 23.2 Å². The first kappa shape index (κ1) is 12.1. The summed E-state index contributed by atoms with van der Waals surface area (Å²) in [5.74, 6) is 2.65. The molecule has 0 aliphatic heterocycles. The van der Waals surface area contributed by atoms with Crippen molar-refractivity contribution in [2.45, 2.75) is 12.8 Å². The van der Waals surface area contributed by atoms with Gasteiger partial charge in [-0.2, -0.15) is 0 Å². The average Bonchev–Trinajstić information content (AvgIpc) is 2.34. The quantitative estimate of drug-likeness (QED) is 0.597. The van der Waals surface area contributed by atoms with E-state index < -0.39 is 0 Å². The molecule has 1 amide bonds. The molecule has 4 heteroatoms. The number of carbonyl (C=O) groups excluding carboxylic acids is 1. The van der Waals surface area contributed by atoms with Crippen LogP contribution in [-0.4, -0.2) is 24.5 Å². The standard InChI is InChI=1S/C12H14N2O2/c1-3-4-5-8-13-11(15)10-7-6-9-14-12(10)16-2/h1,6-7,9H,4-5,8H2,2H3,(H,13,15). The fourth-order valence-corrected chi connectivity index (χ4v) is 1.21.